The van der Waals surface area contributed by atoms with Crippen LogP contribution in [0.3, 0.4) is 0 Å². The minimum absolute atomic E-state index is 0.0125. The third kappa shape index (κ3) is 2.33. The van der Waals surface area contributed by atoms with E-state index in [-0.39, 0.29) is 18.7 Å². The van der Waals surface area contributed by atoms with Gasteiger partial charge in [-0.2, -0.15) is 0 Å². The maximum Gasteiger partial charge on any atom is 0.254 e. The maximum absolute atomic E-state index is 13.0. The molecule has 1 aromatic heterocycles. The van der Waals surface area contributed by atoms with Gasteiger partial charge >= 0.3 is 0 Å². The van der Waals surface area contributed by atoms with Crippen LogP contribution >= 0.6 is 0 Å². The summed E-state index contributed by atoms with van der Waals surface area (Å²) in [4.78, 5) is 15.0. The number of amides is 1. The molecule has 0 spiro atoms. The van der Waals surface area contributed by atoms with E-state index >= 15 is 0 Å². The molecule has 0 radical (unpaired) electrons. The second-order valence-corrected chi connectivity index (χ2v) is 6.18. The molecule has 0 saturated carbocycles. The summed E-state index contributed by atoms with van der Waals surface area (Å²) >= 11 is 0. The molecule has 0 aliphatic carbocycles. The van der Waals surface area contributed by atoms with Gasteiger partial charge in [0.05, 0.1) is 11.7 Å². The van der Waals surface area contributed by atoms with Crippen LogP contribution in [-0.2, 0) is 6.42 Å². The highest BCUT2D eigenvalue weighted by Gasteiger charge is 2.35. The molecule has 4 rings (SSSR count). The number of carbonyl (C=O) groups excluding carboxylic acids is 1. The van der Waals surface area contributed by atoms with Crippen LogP contribution in [0.15, 0.2) is 22.7 Å². The zero-order valence-corrected chi connectivity index (χ0v) is 13.9. The van der Waals surface area contributed by atoms with Crippen molar-refractivity contribution in [3.8, 4) is 11.5 Å². The van der Waals surface area contributed by atoms with Gasteiger partial charge in [0.25, 0.3) is 5.91 Å². The lowest BCUT2D eigenvalue weighted by Crippen LogP contribution is -2.31. The highest BCUT2D eigenvalue weighted by atomic mass is 16.7. The molecule has 1 saturated heterocycles. The molecule has 6 heteroatoms. The predicted molar refractivity (Wildman–Crippen MR) is 86.2 cm³/mol. The normalized spacial score (nSPS) is 19.1. The number of likely N-dealkylation sites (tertiary alicyclic amines) is 1. The van der Waals surface area contributed by atoms with Crippen molar-refractivity contribution in [2.24, 2.45) is 0 Å². The fraction of sp³-hybridized carbons (Fsp3) is 0.444. The number of carbonyl (C=O) groups is 1. The monoisotopic (exact) mass is 328 g/mol. The number of fused-ring (bicyclic) bond motifs is 1. The molecule has 2 aliphatic rings. The van der Waals surface area contributed by atoms with Crippen LogP contribution in [-0.4, -0.2) is 29.3 Å². The lowest BCUT2D eigenvalue weighted by molar-refractivity contribution is 0.0734. The maximum atomic E-state index is 13.0. The van der Waals surface area contributed by atoms with Crippen LogP contribution < -0.4 is 9.47 Å². The Labute approximate surface area is 140 Å². The smallest absolute Gasteiger partial charge is 0.254 e. The largest absolute Gasteiger partial charge is 0.454 e. The Hall–Kier alpha value is -2.50. The molecule has 126 valence electrons. The van der Waals surface area contributed by atoms with E-state index in [0.29, 0.717) is 17.1 Å². The van der Waals surface area contributed by atoms with Crippen molar-refractivity contribution in [1.82, 2.24) is 10.1 Å². The number of aromatic nitrogens is 1. The summed E-state index contributed by atoms with van der Waals surface area (Å²) in [7, 11) is 0. The van der Waals surface area contributed by atoms with E-state index in [1.54, 1.807) is 18.2 Å². The van der Waals surface area contributed by atoms with Gasteiger partial charge in [0.2, 0.25) is 6.79 Å². The minimum Gasteiger partial charge on any atom is -0.454 e. The highest BCUT2D eigenvalue weighted by molar-refractivity contribution is 5.95. The fourth-order valence-corrected chi connectivity index (χ4v) is 3.61. The fourth-order valence-electron chi connectivity index (χ4n) is 3.61. The topological polar surface area (TPSA) is 64.8 Å². The molecular weight excluding hydrogens is 308 g/mol. The average molecular weight is 328 g/mol. The Morgan fingerprint density at radius 3 is 3.00 bits per heavy atom. The number of benzene rings is 1. The molecule has 1 amide bonds. The number of ether oxygens (including phenoxy) is 2. The summed E-state index contributed by atoms with van der Waals surface area (Å²) in [6.07, 6.45) is 2.69. The van der Waals surface area contributed by atoms with E-state index in [2.05, 4.69) is 5.16 Å². The quantitative estimate of drug-likeness (QED) is 0.865. The van der Waals surface area contributed by atoms with Crippen molar-refractivity contribution in [2.75, 3.05) is 13.3 Å². The molecule has 0 unspecified atom stereocenters. The highest BCUT2D eigenvalue weighted by Crippen LogP contribution is 2.38. The van der Waals surface area contributed by atoms with Crippen LogP contribution in [0, 0.1) is 6.92 Å². The first-order chi connectivity index (χ1) is 11.7. The standard InChI is InChI=1S/C18H20N2O4/c1-3-14-17(11(2)19-24-14)13-5-4-8-20(13)18(21)12-6-7-15-16(9-12)23-10-22-15/h6-7,9,13H,3-5,8,10H2,1-2H3/t13-/m1/s1. The Bertz CT molecular complexity index is 783. The molecule has 3 heterocycles. The van der Waals surface area contributed by atoms with Crippen molar-refractivity contribution in [3.63, 3.8) is 0 Å². The van der Waals surface area contributed by atoms with Crippen LogP contribution in [0.5, 0.6) is 11.5 Å². The molecular formula is C18H20N2O4. The first kappa shape index (κ1) is 15.1. The van der Waals surface area contributed by atoms with Crippen LogP contribution in [0.25, 0.3) is 0 Å². The summed E-state index contributed by atoms with van der Waals surface area (Å²) in [6.45, 7) is 4.94. The van der Waals surface area contributed by atoms with Gasteiger partial charge in [-0.15, -0.1) is 0 Å². The zero-order chi connectivity index (χ0) is 16.7. The summed E-state index contributed by atoms with van der Waals surface area (Å²) in [5.41, 5.74) is 2.57. The number of hydrogen-bond acceptors (Lipinski definition) is 5. The molecule has 6 nitrogen and oxygen atoms in total. The zero-order valence-electron chi connectivity index (χ0n) is 13.9. The summed E-state index contributed by atoms with van der Waals surface area (Å²) < 4.78 is 16.1. The van der Waals surface area contributed by atoms with Gasteiger partial charge in [0, 0.05) is 24.1 Å². The summed E-state index contributed by atoms with van der Waals surface area (Å²) in [6, 6.07) is 5.39. The molecule has 1 fully saturated rings. The third-order valence-electron chi connectivity index (χ3n) is 4.77. The molecule has 1 atom stereocenters. The van der Waals surface area contributed by atoms with E-state index in [1.165, 1.54) is 0 Å². The summed E-state index contributed by atoms with van der Waals surface area (Å²) in [5, 5.41) is 4.10. The van der Waals surface area contributed by atoms with Gasteiger partial charge in [-0.25, -0.2) is 0 Å². The van der Waals surface area contributed by atoms with Crippen molar-refractivity contribution in [3.05, 3.63) is 40.8 Å². The van der Waals surface area contributed by atoms with Crippen molar-refractivity contribution in [1.29, 1.82) is 0 Å². The van der Waals surface area contributed by atoms with E-state index < -0.39 is 0 Å². The first-order valence-electron chi connectivity index (χ1n) is 8.34. The van der Waals surface area contributed by atoms with Crippen LogP contribution in [0.2, 0.25) is 0 Å². The van der Waals surface area contributed by atoms with Gasteiger partial charge in [-0.1, -0.05) is 12.1 Å². The van der Waals surface area contributed by atoms with Crippen LogP contribution in [0.4, 0.5) is 0 Å². The Morgan fingerprint density at radius 1 is 1.33 bits per heavy atom. The number of hydrogen-bond donors (Lipinski definition) is 0. The predicted octanol–water partition coefficient (Wildman–Crippen LogP) is 3.25. The first-order valence-corrected chi connectivity index (χ1v) is 8.34. The lowest BCUT2D eigenvalue weighted by Gasteiger charge is -2.25. The van der Waals surface area contributed by atoms with Crippen LogP contribution in [0.1, 0.15) is 53.2 Å². The van der Waals surface area contributed by atoms with E-state index in [4.69, 9.17) is 14.0 Å². The second kappa shape index (κ2) is 5.85. The minimum atomic E-state index is 0.0125. The Morgan fingerprint density at radius 2 is 2.17 bits per heavy atom. The van der Waals surface area contributed by atoms with Gasteiger partial charge in [-0.05, 0) is 38.0 Å². The molecule has 0 N–H and O–H groups in total. The lowest BCUT2D eigenvalue weighted by atomic mass is 10.0. The van der Waals surface area contributed by atoms with Crippen molar-refractivity contribution in [2.45, 2.75) is 39.2 Å². The number of aryl methyl sites for hydroxylation is 2. The molecule has 24 heavy (non-hydrogen) atoms. The van der Waals surface area contributed by atoms with Gasteiger partial charge in [-0.3, -0.25) is 4.79 Å². The molecule has 0 bridgehead atoms. The molecule has 2 aromatic rings. The Kier molecular flexibility index (Phi) is 3.67. The van der Waals surface area contributed by atoms with Gasteiger partial charge in [0.15, 0.2) is 11.5 Å². The third-order valence-corrected chi connectivity index (χ3v) is 4.77. The average Bonchev–Trinajstić information content (AvgIpc) is 3.31. The van der Waals surface area contributed by atoms with Gasteiger partial charge in [0.1, 0.15) is 5.76 Å². The second-order valence-electron chi connectivity index (χ2n) is 6.18. The number of rotatable bonds is 3. The van der Waals surface area contributed by atoms with Crippen molar-refractivity contribution < 1.29 is 18.8 Å². The van der Waals surface area contributed by atoms with Crippen molar-refractivity contribution >= 4 is 5.91 Å². The number of nitrogens with zero attached hydrogens (tertiary/aromatic N) is 2. The molecule has 1 aromatic carbocycles. The van der Waals surface area contributed by atoms with E-state index in [9.17, 15) is 4.79 Å². The SMILES string of the molecule is CCc1onc(C)c1[C@H]1CCCN1C(=O)c1ccc2c(c1)OCO2. The van der Waals surface area contributed by atoms with E-state index in [1.807, 2.05) is 18.7 Å². The Balaban J connectivity index is 1.65. The van der Waals surface area contributed by atoms with Gasteiger partial charge < -0.3 is 18.9 Å². The van der Waals surface area contributed by atoms with E-state index in [0.717, 1.165) is 42.8 Å². The summed E-state index contributed by atoms with van der Waals surface area (Å²) in [5.74, 6) is 2.21. The molecule has 2 aliphatic heterocycles.